The molecular formula is C22H20F2N4O2. The molecule has 1 unspecified atom stereocenters. The van der Waals surface area contributed by atoms with E-state index in [9.17, 15) is 13.6 Å². The van der Waals surface area contributed by atoms with E-state index in [4.69, 9.17) is 4.74 Å². The van der Waals surface area contributed by atoms with Crippen LogP contribution in [-0.2, 0) is 4.74 Å². The van der Waals surface area contributed by atoms with Gasteiger partial charge in [-0.05, 0) is 44.5 Å². The molecule has 0 radical (unpaired) electrons. The smallest absolute Gasteiger partial charge is 0.342 e. The van der Waals surface area contributed by atoms with Crippen LogP contribution in [0.5, 0.6) is 0 Å². The second-order valence-corrected chi connectivity index (χ2v) is 7.00. The minimum Gasteiger partial charge on any atom is -0.451 e. The molecule has 8 heteroatoms. The number of nitrogens with zero attached hydrogens (tertiary/aromatic N) is 4. The summed E-state index contributed by atoms with van der Waals surface area (Å²) in [5.74, 6) is -0.656. The number of aromatic nitrogens is 4. The lowest BCUT2D eigenvalue weighted by Gasteiger charge is -2.15. The number of hydrogen-bond acceptors (Lipinski definition) is 4. The van der Waals surface area contributed by atoms with Crippen molar-refractivity contribution in [3.8, 4) is 5.69 Å². The zero-order valence-corrected chi connectivity index (χ0v) is 16.7. The van der Waals surface area contributed by atoms with Gasteiger partial charge in [-0.15, -0.1) is 0 Å². The van der Waals surface area contributed by atoms with Crippen molar-refractivity contribution in [1.82, 2.24) is 19.3 Å². The number of aryl methyl sites for hydroxylation is 1. The molecule has 154 valence electrons. The highest BCUT2D eigenvalue weighted by Gasteiger charge is 2.26. The Kier molecular flexibility index (Phi) is 5.07. The van der Waals surface area contributed by atoms with Crippen molar-refractivity contribution in [2.45, 2.75) is 33.4 Å². The summed E-state index contributed by atoms with van der Waals surface area (Å²) in [5, 5.41) is 4.30. The standard InChI is InChI=1S/C22H20F2N4O2/c1-13-8-4-6-10-18(13)28-14(2)16(12-25-28)21(29)30-15(3)20-26-17-9-5-7-11-19(17)27(20)22(23)24/h4-12,15,22H,1-3H3. The van der Waals surface area contributed by atoms with Crippen molar-refractivity contribution in [2.24, 2.45) is 0 Å². The number of carbonyl (C=O) groups is 1. The van der Waals surface area contributed by atoms with E-state index in [0.29, 0.717) is 11.2 Å². The Morgan fingerprint density at radius 2 is 1.77 bits per heavy atom. The lowest BCUT2D eigenvalue weighted by atomic mass is 10.2. The maximum Gasteiger partial charge on any atom is 0.342 e. The molecule has 2 aromatic heterocycles. The fourth-order valence-corrected chi connectivity index (χ4v) is 3.49. The molecule has 6 nitrogen and oxygen atoms in total. The molecule has 0 saturated heterocycles. The fraction of sp³-hybridized carbons (Fsp3) is 0.227. The van der Waals surface area contributed by atoms with E-state index >= 15 is 0 Å². The lowest BCUT2D eigenvalue weighted by molar-refractivity contribution is 0.0232. The first-order valence-electron chi connectivity index (χ1n) is 9.45. The number of benzene rings is 2. The van der Waals surface area contributed by atoms with E-state index in [1.165, 1.54) is 13.1 Å². The molecule has 2 heterocycles. The van der Waals surface area contributed by atoms with E-state index < -0.39 is 18.6 Å². The molecule has 0 aliphatic carbocycles. The Hall–Kier alpha value is -3.55. The number of para-hydroxylation sites is 3. The Bertz CT molecular complexity index is 1230. The predicted octanol–water partition coefficient (Wildman–Crippen LogP) is 5.15. The van der Waals surface area contributed by atoms with Gasteiger partial charge in [0.15, 0.2) is 11.9 Å². The number of alkyl halides is 2. The first kappa shape index (κ1) is 19.8. The summed E-state index contributed by atoms with van der Waals surface area (Å²) in [7, 11) is 0. The Morgan fingerprint density at radius 3 is 2.50 bits per heavy atom. The molecular weight excluding hydrogens is 390 g/mol. The summed E-state index contributed by atoms with van der Waals surface area (Å²) < 4.78 is 35.3. The van der Waals surface area contributed by atoms with E-state index in [-0.39, 0.29) is 16.9 Å². The zero-order valence-electron chi connectivity index (χ0n) is 16.7. The normalized spacial score (nSPS) is 12.5. The SMILES string of the molecule is Cc1ccccc1-n1ncc(C(=O)OC(C)c2nc3ccccc3n2C(F)F)c1C. The van der Waals surface area contributed by atoms with Crippen LogP contribution in [0.15, 0.2) is 54.7 Å². The third-order valence-electron chi connectivity index (χ3n) is 5.04. The quantitative estimate of drug-likeness (QED) is 0.427. The Balaban J connectivity index is 1.63. The summed E-state index contributed by atoms with van der Waals surface area (Å²) in [6.07, 6.45) is 0.451. The van der Waals surface area contributed by atoms with Crippen molar-refractivity contribution in [1.29, 1.82) is 0 Å². The van der Waals surface area contributed by atoms with E-state index in [2.05, 4.69) is 10.1 Å². The molecule has 2 aromatic carbocycles. The van der Waals surface area contributed by atoms with Gasteiger partial charge in [0.2, 0.25) is 0 Å². The molecule has 0 spiro atoms. The van der Waals surface area contributed by atoms with Gasteiger partial charge in [-0.2, -0.15) is 13.9 Å². The lowest BCUT2D eigenvalue weighted by Crippen LogP contribution is -2.15. The molecule has 0 aliphatic heterocycles. The summed E-state index contributed by atoms with van der Waals surface area (Å²) >= 11 is 0. The number of hydrogen-bond donors (Lipinski definition) is 0. The number of carbonyl (C=O) groups excluding carboxylic acids is 1. The number of esters is 1. The molecule has 1 atom stereocenters. The van der Waals surface area contributed by atoms with Gasteiger partial charge in [-0.1, -0.05) is 30.3 Å². The van der Waals surface area contributed by atoms with Crippen LogP contribution in [0.1, 0.15) is 47.0 Å². The maximum absolute atomic E-state index is 13.7. The molecule has 4 aromatic rings. The zero-order chi connectivity index (χ0) is 21.4. The second-order valence-electron chi connectivity index (χ2n) is 7.00. The van der Waals surface area contributed by atoms with Crippen LogP contribution in [0.4, 0.5) is 8.78 Å². The molecule has 4 rings (SSSR count). The number of fused-ring (bicyclic) bond motifs is 1. The summed E-state index contributed by atoms with van der Waals surface area (Å²) in [6, 6.07) is 14.2. The van der Waals surface area contributed by atoms with Crippen molar-refractivity contribution in [3.63, 3.8) is 0 Å². The van der Waals surface area contributed by atoms with Gasteiger partial charge in [-0.3, -0.25) is 4.57 Å². The van der Waals surface area contributed by atoms with E-state index in [1.54, 1.807) is 35.9 Å². The van der Waals surface area contributed by atoms with Gasteiger partial charge < -0.3 is 4.74 Å². The van der Waals surface area contributed by atoms with Crippen molar-refractivity contribution >= 4 is 17.0 Å². The maximum atomic E-state index is 13.7. The summed E-state index contributed by atoms with van der Waals surface area (Å²) in [4.78, 5) is 17.0. The minimum atomic E-state index is -2.81. The average molecular weight is 410 g/mol. The van der Waals surface area contributed by atoms with Gasteiger partial charge in [0.05, 0.1) is 28.6 Å². The molecule has 0 amide bonds. The molecule has 0 bridgehead atoms. The Labute approximate surface area is 171 Å². The van der Waals surface area contributed by atoms with Crippen molar-refractivity contribution in [3.05, 3.63) is 77.4 Å². The van der Waals surface area contributed by atoms with Crippen LogP contribution >= 0.6 is 0 Å². The topological polar surface area (TPSA) is 61.9 Å². The molecule has 0 N–H and O–H groups in total. The highest BCUT2D eigenvalue weighted by molar-refractivity contribution is 5.90. The highest BCUT2D eigenvalue weighted by Crippen LogP contribution is 2.29. The first-order valence-corrected chi connectivity index (χ1v) is 9.45. The summed E-state index contributed by atoms with van der Waals surface area (Å²) in [5.41, 5.74) is 3.42. The number of ether oxygens (including phenoxy) is 1. The van der Waals surface area contributed by atoms with Crippen molar-refractivity contribution in [2.75, 3.05) is 0 Å². The summed E-state index contributed by atoms with van der Waals surface area (Å²) in [6.45, 7) is 2.43. The van der Waals surface area contributed by atoms with Crippen LogP contribution < -0.4 is 0 Å². The third-order valence-corrected chi connectivity index (χ3v) is 5.04. The fourth-order valence-electron chi connectivity index (χ4n) is 3.49. The molecule has 30 heavy (non-hydrogen) atoms. The second kappa shape index (κ2) is 7.70. The van der Waals surface area contributed by atoms with Crippen molar-refractivity contribution < 1.29 is 18.3 Å². The minimum absolute atomic E-state index is 0.0106. The van der Waals surface area contributed by atoms with Crippen LogP contribution in [0.2, 0.25) is 0 Å². The number of rotatable bonds is 5. The largest absolute Gasteiger partial charge is 0.451 e. The van der Waals surface area contributed by atoms with Gasteiger partial charge in [0.1, 0.15) is 5.56 Å². The van der Waals surface area contributed by atoms with Gasteiger partial charge in [0, 0.05) is 0 Å². The van der Waals surface area contributed by atoms with Crippen LogP contribution in [0.25, 0.3) is 16.7 Å². The number of imidazole rings is 1. The first-order chi connectivity index (χ1) is 14.4. The van der Waals surface area contributed by atoms with Crippen LogP contribution in [0, 0.1) is 13.8 Å². The highest BCUT2D eigenvalue weighted by atomic mass is 19.3. The molecule has 0 saturated carbocycles. The average Bonchev–Trinajstić information content (AvgIpc) is 3.29. The molecule has 0 aliphatic rings. The Morgan fingerprint density at radius 1 is 1.07 bits per heavy atom. The van der Waals surface area contributed by atoms with Gasteiger partial charge >= 0.3 is 12.5 Å². The van der Waals surface area contributed by atoms with Gasteiger partial charge in [0.25, 0.3) is 0 Å². The van der Waals surface area contributed by atoms with Crippen LogP contribution in [0.3, 0.4) is 0 Å². The third kappa shape index (κ3) is 3.34. The predicted molar refractivity (Wildman–Crippen MR) is 108 cm³/mol. The van der Waals surface area contributed by atoms with Crippen LogP contribution in [-0.4, -0.2) is 25.3 Å². The van der Waals surface area contributed by atoms with E-state index in [1.807, 2.05) is 31.2 Å². The monoisotopic (exact) mass is 410 g/mol. The molecule has 0 fully saturated rings. The number of halogens is 2. The van der Waals surface area contributed by atoms with E-state index in [0.717, 1.165) is 15.8 Å². The van der Waals surface area contributed by atoms with Gasteiger partial charge in [-0.25, -0.2) is 14.5 Å².